The highest BCUT2D eigenvalue weighted by atomic mass is 31.2. The Balaban J connectivity index is 2.95. The molecule has 0 saturated heterocycles. The molecular formula is C38H72O8P2. The molecule has 0 atom stereocenters. The maximum absolute atomic E-state index is 14.0. The number of rotatable bonds is 36. The highest BCUT2D eigenvalue weighted by molar-refractivity contribution is 7.49. The van der Waals surface area contributed by atoms with Gasteiger partial charge in [-0.05, 0) is 37.8 Å². The van der Waals surface area contributed by atoms with E-state index in [1.807, 2.05) is 0 Å². The summed E-state index contributed by atoms with van der Waals surface area (Å²) in [5, 5.41) is 0. The number of hydrogen-bond donors (Lipinski definition) is 0. The fourth-order valence-corrected chi connectivity index (χ4v) is 7.81. The summed E-state index contributed by atoms with van der Waals surface area (Å²) in [6.07, 6.45) is 25.9. The summed E-state index contributed by atoms with van der Waals surface area (Å²) in [7, 11) is -7.97. The molecule has 48 heavy (non-hydrogen) atoms. The lowest BCUT2D eigenvalue weighted by molar-refractivity contribution is 0.142. The summed E-state index contributed by atoms with van der Waals surface area (Å²) in [6, 6.07) is 6.73. The van der Waals surface area contributed by atoms with Gasteiger partial charge >= 0.3 is 15.6 Å². The molecule has 0 aliphatic rings. The predicted molar refractivity (Wildman–Crippen MR) is 200 cm³/mol. The summed E-state index contributed by atoms with van der Waals surface area (Å²) in [5.41, 5.74) is 0. The van der Waals surface area contributed by atoms with Crippen molar-refractivity contribution in [2.45, 2.75) is 182 Å². The Bertz CT molecular complexity index is 841. The Morgan fingerprint density at radius 3 is 0.854 bits per heavy atom. The van der Waals surface area contributed by atoms with Crippen molar-refractivity contribution in [3.63, 3.8) is 0 Å². The fraction of sp³-hybridized carbons (Fsp3) is 0.842. The molecule has 0 bridgehead atoms. The third-order valence-corrected chi connectivity index (χ3v) is 11.1. The van der Waals surface area contributed by atoms with Crippen LogP contribution in [0.15, 0.2) is 24.3 Å². The largest absolute Gasteiger partial charge is 0.530 e. The van der Waals surface area contributed by atoms with E-state index in [1.54, 1.807) is 24.3 Å². The first-order valence-electron chi connectivity index (χ1n) is 19.7. The first kappa shape index (κ1) is 45.1. The van der Waals surface area contributed by atoms with Gasteiger partial charge in [-0.1, -0.05) is 168 Å². The number of benzene rings is 1. The van der Waals surface area contributed by atoms with Gasteiger partial charge in [0, 0.05) is 0 Å². The Kier molecular flexibility index (Phi) is 29.1. The molecule has 8 nitrogen and oxygen atoms in total. The van der Waals surface area contributed by atoms with E-state index in [9.17, 15) is 9.13 Å². The van der Waals surface area contributed by atoms with Gasteiger partial charge in [-0.15, -0.1) is 0 Å². The Morgan fingerprint density at radius 2 is 0.604 bits per heavy atom. The fourth-order valence-electron chi connectivity index (χ4n) is 5.26. The van der Waals surface area contributed by atoms with Crippen LogP contribution in [-0.4, -0.2) is 26.4 Å². The lowest BCUT2D eigenvalue weighted by Gasteiger charge is -2.22. The first-order chi connectivity index (χ1) is 23.4. The zero-order valence-electron chi connectivity index (χ0n) is 31.3. The quantitative estimate of drug-likeness (QED) is 0.0500. The monoisotopic (exact) mass is 718 g/mol. The molecule has 1 aromatic rings. The molecule has 1 aromatic carbocycles. The molecule has 0 radical (unpaired) electrons. The molecule has 0 unspecified atom stereocenters. The number of unbranched alkanes of at least 4 members (excludes halogenated alkanes) is 20. The number of phosphoric acid groups is 2. The van der Waals surface area contributed by atoms with Crippen molar-refractivity contribution < 1.29 is 36.3 Å². The van der Waals surface area contributed by atoms with Crippen molar-refractivity contribution in [1.82, 2.24) is 0 Å². The highest BCUT2D eigenvalue weighted by Gasteiger charge is 2.33. The van der Waals surface area contributed by atoms with Gasteiger partial charge in [0.05, 0.1) is 26.4 Å². The van der Waals surface area contributed by atoms with E-state index in [4.69, 9.17) is 27.1 Å². The van der Waals surface area contributed by atoms with Gasteiger partial charge in [0.15, 0.2) is 11.5 Å². The second-order valence-electron chi connectivity index (χ2n) is 12.9. The number of para-hydroxylation sites is 2. The SMILES string of the molecule is CCCCCCCCOP(=O)(OCCCCCCCC)Oc1ccccc1OP(=O)(OCCCCCCCC)OCCCCCCCC. The van der Waals surface area contributed by atoms with Gasteiger partial charge in [-0.25, -0.2) is 9.13 Å². The third-order valence-electron chi connectivity index (χ3n) is 8.26. The van der Waals surface area contributed by atoms with Gasteiger partial charge in [-0.2, -0.15) is 0 Å². The average molecular weight is 719 g/mol. The van der Waals surface area contributed by atoms with Crippen molar-refractivity contribution in [2.75, 3.05) is 26.4 Å². The molecule has 0 spiro atoms. The van der Waals surface area contributed by atoms with Crippen LogP contribution in [0.3, 0.4) is 0 Å². The molecule has 0 aliphatic heterocycles. The van der Waals surface area contributed by atoms with E-state index >= 15 is 0 Å². The highest BCUT2D eigenvalue weighted by Crippen LogP contribution is 2.56. The lowest BCUT2D eigenvalue weighted by Crippen LogP contribution is -2.08. The van der Waals surface area contributed by atoms with Crippen LogP contribution in [0.25, 0.3) is 0 Å². The maximum atomic E-state index is 14.0. The minimum absolute atomic E-state index is 0.123. The van der Waals surface area contributed by atoms with E-state index < -0.39 is 15.6 Å². The van der Waals surface area contributed by atoms with Crippen LogP contribution in [-0.2, 0) is 27.2 Å². The molecule has 282 valence electrons. The van der Waals surface area contributed by atoms with Crippen LogP contribution in [0.4, 0.5) is 0 Å². The van der Waals surface area contributed by atoms with E-state index in [1.165, 1.54) is 77.0 Å². The summed E-state index contributed by atoms with van der Waals surface area (Å²) in [5.74, 6) is 0.247. The Hall–Kier alpha value is -0.880. The van der Waals surface area contributed by atoms with Gasteiger partial charge in [0.1, 0.15) is 0 Å². The van der Waals surface area contributed by atoms with Gasteiger partial charge in [0.2, 0.25) is 0 Å². The lowest BCUT2D eigenvalue weighted by atomic mass is 10.1. The van der Waals surface area contributed by atoms with Crippen LogP contribution in [0.2, 0.25) is 0 Å². The second kappa shape index (κ2) is 30.9. The third kappa shape index (κ3) is 24.3. The number of phosphoric ester groups is 2. The van der Waals surface area contributed by atoms with Crippen LogP contribution < -0.4 is 9.05 Å². The van der Waals surface area contributed by atoms with E-state index in [2.05, 4.69) is 27.7 Å². The summed E-state index contributed by atoms with van der Waals surface area (Å²) >= 11 is 0. The van der Waals surface area contributed by atoms with Crippen LogP contribution in [0, 0.1) is 0 Å². The van der Waals surface area contributed by atoms with Crippen molar-refractivity contribution in [1.29, 1.82) is 0 Å². The molecule has 0 fully saturated rings. The molecule has 1 rings (SSSR count). The summed E-state index contributed by atoms with van der Waals surface area (Å²) < 4.78 is 63.2. The molecule has 0 heterocycles. The standard InChI is InChI=1S/C38H72O8P2/c1-5-9-13-17-21-27-33-41-47(39,42-34-28-22-18-14-10-6-2)45-37-31-25-26-32-38(37)46-48(40,43-35-29-23-19-15-11-7-3)44-36-30-24-20-16-12-8-4/h25-26,31-32H,5-24,27-30,33-36H2,1-4H3. The van der Waals surface area contributed by atoms with E-state index in [0.717, 1.165) is 77.0 Å². The van der Waals surface area contributed by atoms with Crippen molar-refractivity contribution in [2.24, 2.45) is 0 Å². The number of hydrogen-bond acceptors (Lipinski definition) is 8. The van der Waals surface area contributed by atoms with E-state index in [-0.39, 0.29) is 37.9 Å². The predicted octanol–water partition coefficient (Wildman–Crippen LogP) is 14.2. The van der Waals surface area contributed by atoms with Crippen LogP contribution in [0.1, 0.15) is 182 Å². The minimum Gasteiger partial charge on any atom is -0.400 e. The molecule has 0 saturated carbocycles. The van der Waals surface area contributed by atoms with E-state index in [0.29, 0.717) is 0 Å². The zero-order chi connectivity index (χ0) is 35.0. The topological polar surface area (TPSA) is 89.5 Å². The summed E-state index contributed by atoms with van der Waals surface area (Å²) in [6.45, 7) is 9.86. The second-order valence-corrected chi connectivity index (χ2v) is 16.1. The Morgan fingerprint density at radius 1 is 0.375 bits per heavy atom. The Labute approximate surface area is 295 Å². The van der Waals surface area contributed by atoms with Crippen molar-refractivity contribution in [3.8, 4) is 11.5 Å². The average Bonchev–Trinajstić information content (AvgIpc) is 3.08. The van der Waals surface area contributed by atoms with Crippen LogP contribution >= 0.6 is 15.6 Å². The van der Waals surface area contributed by atoms with Crippen molar-refractivity contribution >= 4 is 15.6 Å². The van der Waals surface area contributed by atoms with Crippen molar-refractivity contribution in [3.05, 3.63) is 24.3 Å². The molecule has 0 aliphatic carbocycles. The smallest absolute Gasteiger partial charge is 0.400 e. The normalized spacial score (nSPS) is 12.1. The molecule has 0 amide bonds. The first-order valence-corrected chi connectivity index (χ1v) is 22.6. The summed E-state index contributed by atoms with van der Waals surface area (Å²) in [4.78, 5) is 0. The minimum atomic E-state index is -3.99. The van der Waals surface area contributed by atoms with Gasteiger partial charge in [0.25, 0.3) is 0 Å². The molecule has 0 N–H and O–H groups in total. The van der Waals surface area contributed by atoms with Gasteiger partial charge < -0.3 is 9.05 Å². The van der Waals surface area contributed by atoms with Crippen LogP contribution in [0.5, 0.6) is 11.5 Å². The molecular weight excluding hydrogens is 646 g/mol. The van der Waals surface area contributed by atoms with Gasteiger partial charge in [-0.3, -0.25) is 18.1 Å². The molecule has 10 heteroatoms. The maximum Gasteiger partial charge on any atom is 0.530 e. The molecule has 0 aromatic heterocycles. The zero-order valence-corrected chi connectivity index (χ0v) is 33.1.